The molecule has 1 amide bonds. The van der Waals surface area contributed by atoms with Gasteiger partial charge in [-0.2, -0.15) is 0 Å². The quantitative estimate of drug-likeness (QED) is 0.830. The van der Waals surface area contributed by atoms with E-state index < -0.39 is 11.7 Å². The first-order valence-corrected chi connectivity index (χ1v) is 5.84. The third kappa shape index (κ3) is 2.82. The Morgan fingerprint density at radius 1 is 1.47 bits per heavy atom. The number of benzene rings is 1. The number of nitrogen functional groups attached to an aromatic ring is 1. The minimum absolute atomic E-state index is 0.113. The molecule has 19 heavy (non-hydrogen) atoms. The molecule has 0 saturated heterocycles. The van der Waals surface area contributed by atoms with Gasteiger partial charge in [-0.15, -0.1) is 0 Å². The van der Waals surface area contributed by atoms with Crippen LogP contribution in [0.15, 0.2) is 30.5 Å². The van der Waals surface area contributed by atoms with Gasteiger partial charge < -0.3 is 11.1 Å². The third-order valence-corrected chi connectivity index (χ3v) is 2.94. The van der Waals surface area contributed by atoms with Gasteiger partial charge in [0.2, 0.25) is 0 Å². The topological polar surface area (TPSA) is 68.0 Å². The van der Waals surface area contributed by atoms with Crippen LogP contribution in [0.3, 0.4) is 0 Å². The lowest BCUT2D eigenvalue weighted by molar-refractivity contribution is 0.102. The molecule has 1 aromatic carbocycles. The number of nitrogens with two attached hydrogens (primary N) is 1. The van der Waals surface area contributed by atoms with E-state index >= 15 is 0 Å². The number of carbonyl (C=O) groups is 1. The van der Waals surface area contributed by atoms with Crippen LogP contribution in [0.25, 0.3) is 0 Å². The molecule has 98 valence electrons. The Bertz CT molecular complexity index is 623. The molecule has 0 spiro atoms. The van der Waals surface area contributed by atoms with Crippen LogP contribution >= 0.6 is 11.6 Å². The van der Waals surface area contributed by atoms with Crippen molar-refractivity contribution in [3.8, 4) is 0 Å². The first-order chi connectivity index (χ1) is 8.99. The number of pyridine rings is 1. The molecular formula is C13H11ClFN3O. The molecule has 0 aliphatic rings. The predicted molar refractivity (Wildman–Crippen MR) is 72.7 cm³/mol. The van der Waals surface area contributed by atoms with Crippen LogP contribution in [0.4, 0.5) is 15.9 Å². The second-order valence-electron chi connectivity index (χ2n) is 3.96. The first-order valence-electron chi connectivity index (χ1n) is 5.46. The Hall–Kier alpha value is -2.14. The number of carbonyl (C=O) groups excluding carboxylic acids is 1. The normalized spacial score (nSPS) is 10.3. The lowest BCUT2D eigenvalue weighted by Gasteiger charge is -2.08. The van der Waals surface area contributed by atoms with E-state index in [1.54, 1.807) is 19.1 Å². The summed E-state index contributed by atoms with van der Waals surface area (Å²) in [5.74, 6) is -0.836. The van der Waals surface area contributed by atoms with Gasteiger partial charge in [0.05, 0.1) is 5.02 Å². The van der Waals surface area contributed by atoms with Gasteiger partial charge in [-0.1, -0.05) is 11.6 Å². The van der Waals surface area contributed by atoms with Crippen molar-refractivity contribution in [3.05, 3.63) is 52.4 Å². The van der Waals surface area contributed by atoms with Crippen LogP contribution in [-0.2, 0) is 0 Å². The molecule has 0 aliphatic heterocycles. The Labute approximate surface area is 114 Å². The monoisotopic (exact) mass is 279 g/mol. The van der Waals surface area contributed by atoms with Gasteiger partial charge in [0.25, 0.3) is 5.91 Å². The summed E-state index contributed by atoms with van der Waals surface area (Å²) < 4.78 is 13.5. The maximum absolute atomic E-state index is 13.5. The molecule has 0 atom stereocenters. The fourth-order valence-electron chi connectivity index (χ4n) is 1.49. The van der Waals surface area contributed by atoms with E-state index in [1.807, 2.05) is 0 Å². The van der Waals surface area contributed by atoms with Crippen LogP contribution < -0.4 is 11.1 Å². The predicted octanol–water partition coefficient (Wildman–Crippen LogP) is 3.02. The number of hydrogen-bond acceptors (Lipinski definition) is 3. The number of hydrogen-bond donors (Lipinski definition) is 2. The van der Waals surface area contributed by atoms with Crippen LogP contribution in [0, 0.1) is 12.7 Å². The Morgan fingerprint density at radius 2 is 2.21 bits per heavy atom. The highest BCUT2D eigenvalue weighted by molar-refractivity contribution is 6.33. The molecule has 2 aromatic rings. The van der Waals surface area contributed by atoms with Gasteiger partial charge in [0.15, 0.2) is 5.82 Å². The van der Waals surface area contributed by atoms with Crippen LogP contribution in [0.1, 0.15) is 15.9 Å². The molecule has 6 heteroatoms. The van der Waals surface area contributed by atoms with Crippen molar-refractivity contribution in [2.75, 3.05) is 11.1 Å². The van der Waals surface area contributed by atoms with Crippen molar-refractivity contribution in [2.45, 2.75) is 6.92 Å². The number of aromatic nitrogens is 1. The van der Waals surface area contributed by atoms with E-state index in [1.165, 1.54) is 12.3 Å². The zero-order valence-electron chi connectivity index (χ0n) is 10.1. The van der Waals surface area contributed by atoms with Gasteiger partial charge in [-0.3, -0.25) is 4.79 Å². The Kier molecular flexibility index (Phi) is 3.66. The van der Waals surface area contributed by atoms with Crippen molar-refractivity contribution >= 4 is 29.0 Å². The van der Waals surface area contributed by atoms with Crippen LogP contribution in [-0.4, -0.2) is 10.9 Å². The number of rotatable bonds is 2. The minimum atomic E-state index is -0.530. The van der Waals surface area contributed by atoms with Gasteiger partial charge in [0, 0.05) is 23.0 Å². The molecule has 1 aromatic heterocycles. The van der Waals surface area contributed by atoms with Crippen LogP contribution in [0.2, 0.25) is 5.02 Å². The molecule has 1 heterocycles. The summed E-state index contributed by atoms with van der Waals surface area (Å²) in [4.78, 5) is 15.9. The van der Waals surface area contributed by atoms with Crippen molar-refractivity contribution in [1.82, 2.24) is 4.98 Å². The highest BCUT2D eigenvalue weighted by atomic mass is 35.5. The first kappa shape index (κ1) is 13.3. The highest BCUT2D eigenvalue weighted by Gasteiger charge is 2.13. The Morgan fingerprint density at radius 3 is 2.84 bits per heavy atom. The zero-order chi connectivity index (χ0) is 14.0. The standard InChI is InChI=1S/C13H11ClFN3O/c1-7-10(15)5-8(6-11(7)16)13(19)18-12-9(14)3-2-4-17-12/h2-6H,16H2,1H3,(H,17,18,19). The third-order valence-electron chi connectivity index (χ3n) is 2.64. The number of halogens is 2. The second kappa shape index (κ2) is 5.24. The van der Waals surface area contributed by atoms with E-state index in [2.05, 4.69) is 10.3 Å². The summed E-state index contributed by atoms with van der Waals surface area (Å²) in [6, 6.07) is 5.76. The summed E-state index contributed by atoms with van der Waals surface area (Å²) in [5, 5.41) is 2.80. The molecule has 2 rings (SSSR count). The van der Waals surface area contributed by atoms with Crippen molar-refractivity contribution in [1.29, 1.82) is 0 Å². The molecule has 0 fully saturated rings. The average molecular weight is 280 g/mol. The highest BCUT2D eigenvalue weighted by Crippen LogP contribution is 2.21. The number of anilines is 2. The fourth-order valence-corrected chi connectivity index (χ4v) is 1.66. The number of amides is 1. The van der Waals surface area contributed by atoms with E-state index in [4.69, 9.17) is 17.3 Å². The second-order valence-corrected chi connectivity index (χ2v) is 4.37. The molecule has 3 N–H and O–H groups in total. The summed E-state index contributed by atoms with van der Waals surface area (Å²) in [5.41, 5.74) is 6.27. The van der Waals surface area contributed by atoms with E-state index in [0.717, 1.165) is 6.07 Å². The van der Waals surface area contributed by atoms with Gasteiger partial charge in [-0.05, 0) is 31.2 Å². The van der Waals surface area contributed by atoms with E-state index in [-0.39, 0.29) is 17.1 Å². The molecule has 0 saturated carbocycles. The van der Waals surface area contributed by atoms with Gasteiger partial charge in [-0.25, -0.2) is 9.37 Å². The fraction of sp³-hybridized carbons (Fsp3) is 0.0769. The molecule has 4 nitrogen and oxygen atoms in total. The van der Waals surface area contributed by atoms with E-state index in [0.29, 0.717) is 10.6 Å². The van der Waals surface area contributed by atoms with Gasteiger partial charge >= 0.3 is 0 Å². The smallest absolute Gasteiger partial charge is 0.257 e. The van der Waals surface area contributed by atoms with Crippen LogP contribution in [0.5, 0.6) is 0 Å². The van der Waals surface area contributed by atoms with E-state index in [9.17, 15) is 9.18 Å². The average Bonchev–Trinajstić information content (AvgIpc) is 2.38. The lowest BCUT2D eigenvalue weighted by Crippen LogP contribution is -2.14. The van der Waals surface area contributed by atoms with Crippen molar-refractivity contribution in [2.24, 2.45) is 0 Å². The van der Waals surface area contributed by atoms with Crippen molar-refractivity contribution < 1.29 is 9.18 Å². The summed E-state index contributed by atoms with van der Waals surface area (Å²) >= 11 is 5.87. The SMILES string of the molecule is Cc1c(N)cc(C(=O)Nc2ncccc2Cl)cc1F. The number of nitrogens with one attached hydrogen (secondary N) is 1. The summed E-state index contributed by atoms with van der Waals surface area (Å²) in [7, 11) is 0. The lowest BCUT2D eigenvalue weighted by atomic mass is 10.1. The zero-order valence-corrected chi connectivity index (χ0v) is 10.8. The maximum atomic E-state index is 13.5. The molecule has 0 bridgehead atoms. The molecule has 0 radical (unpaired) electrons. The molecule has 0 aliphatic carbocycles. The van der Waals surface area contributed by atoms with Gasteiger partial charge in [0.1, 0.15) is 5.82 Å². The summed E-state index contributed by atoms with van der Waals surface area (Å²) in [6.45, 7) is 1.54. The molecule has 0 unspecified atom stereocenters. The maximum Gasteiger partial charge on any atom is 0.257 e. The summed E-state index contributed by atoms with van der Waals surface area (Å²) in [6.07, 6.45) is 1.49. The largest absolute Gasteiger partial charge is 0.398 e. The molecular weight excluding hydrogens is 269 g/mol. The van der Waals surface area contributed by atoms with Crippen molar-refractivity contribution in [3.63, 3.8) is 0 Å². The minimum Gasteiger partial charge on any atom is -0.398 e. The Balaban J connectivity index is 2.28. The number of nitrogens with zero attached hydrogens (tertiary/aromatic N) is 1.